The predicted octanol–water partition coefficient (Wildman–Crippen LogP) is 3.31. The zero-order valence-electron chi connectivity index (χ0n) is 14.4. The van der Waals surface area contributed by atoms with E-state index in [0.717, 1.165) is 56.8 Å². The van der Waals surface area contributed by atoms with Gasteiger partial charge in [0.2, 0.25) is 0 Å². The Morgan fingerprint density at radius 1 is 1.12 bits per heavy atom. The molecular weight excluding hydrogens is 322 g/mol. The first-order valence-corrected chi connectivity index (χ1v) is 9.43. The van der Waals surface area contributed by atoms with Crippen molar-refractivity contribution in [1.82, 2.24) is 14.7 Å². The molecular formula is C19H26ClN3O. The maximum atomic E-state index is 12.6. The third-order valence-corrected chi connectivity index (χ3v) is 6.54. The number of likely N-dealkylation sites (tertiary alicyclic amines) is 1. The molecule has 0 aromatic heterocycles. The van der Waals surface area contributed by atoms with E-state index in [1.54, 1.807) is 0 Å². The van der Waals surface area contributed by atoms with Gasteiger partial charge in [0.15, 0.2) is 0 Å². The first kappa shape index (κ1) is 16.2. The van der Waals surface area contributed by atoms with Crippen LogP contribution in [0.4, 0.5) is 4.79 Å². The molecule has 1 aromatic carbocycles. The first-order valence-electron chi connectivity index (χ1n) is 9.05. The van der Waals surface area contributed by atoms with Gasteiger partial charge in [-0.15, -0.1) is 0 Å². The Labute approximate surface area is 149 Å². The topological polar surface area (TPSA) is 26.8 Å². The number of amides is 2. The van der Waals surface area contributed by atoms with Crippen LogP contribution in [0.2, 0.25) is 5.02 Å². The van der Waals surface area contributed by atoms with Crippen LogP contribution in [0.3, 0.4) is 0 Å². The normalized spacial score (nSPS) is 23.9. The second-order valence-corrected chi connectivity index (χ2v) is 8.30. The fourth-order valence-corrected chi connectivity index (χ4v) is 4.04. The lowest BCUT2D eigenvalue weighted by atomic mass is 9.84. The number of carbonyl (C=O) groups excluding carboxylic acids is 1. The van der Waals surface area contributed by atoms with Gasteiger partial charge in [-0.2, -0.15) is 0 Å². The molecule has 2 amide bonds. The standard InChI is InChI=1S/C19H26ClN3O/c1-19(6-7-19)16-13-23(14-16)18(24)22-10-8-21(9-11-22)12-15-4-2-3-5-17(15)20/h2-5,16H,6-14H2,1H3. The lowest BCUT2D eigenvalue weighted by molar-refractivity contribution is 0.0470. The highest BCUT2D eigenvalue weighted by Gasteiger charge is 2.51. The van der Waals surface area contributed by atoms with E-state index >= 15 is 0 Å². The Hall–Kier alpha value is -1.26. The maximum absolute atomic E-state index is 12.6. The number of rotatable bonds is 3. The number of benzene rings is 1. The van der Waals surface area contributed by atoms with Gasteiger partial charge in [0, 0.05) is 50.8 Å². The Kier molecular flexibility index (Phi) is 4.21. The van der Waals surface area contributed by atoms with Crippen molar-refractivity contribution < 1.29 is 4.79 Å². The molecule has 0 radical (unpaired) electrons. The quantitative estimate of drug-likeness (QED) is 0.838. The molecule has 2 aliphatic heterocycles. The van der Waals surface area contributed by atoms with Crippen molar-refractivity contribution >= 4 is 17.6 Å². The largest absolute Gasteiger partial charge is 0.324 e. The number of piperazine rings is 1. The summed E-state index contributed by atoms with van der Waals surface area (Å²) in [4.78, 5) is 19.1. The third-order valence-electron chi connectivity index (χ3n) is 6.17. The summed E-state index contributed by atoms with van der Waals surface area (Å²) in [6.07, 6.45) is 2.70. The lowest BCUT2D eigenvalue weighted by Crippen LogP contribution is -2.59. The Morgan fingerprint density at radius 3 is 2.42 bits per heavy atom. The van der Waals surface area contributed by atoms with E-state index in [2.05, 4.69) is 17.9 Å². The van der Waals surface area contributed by atoms with E-state index in [1.165, 1.54) is 18.4 Å². The molecule has 0 atom stereocenters. The maximum Gasteiger partial charge on any atom is 0.320 e. The van der Waals surface area contributed by atoms with Crippen molar-refractivity contribution in [2.24, 2.45) is 11.3 Å². The number of carbonyl (C=O) groups is 1. The Bertz CT molecular complexity index is 617. The molecule has 2 saturated heterocycles. The van der Waals surface area contributed by atoms with E-state index in [4.69, 9.17) is 11.6 Å². The van der Waals surface area contributed by atoms with Gasteiger partial charge >= 0.3 is 6.03 Å². The number of hydrogen-bond acceptors (Lipinski definition) is 2. The molecule has 0 bridgehead atoms. The molecule has 4 rings (SSSR count). The van der Waals surface area contributed by atoms with Crippen LogP contribution in [0, 0.1) is 11.3 Å². The van der Waals surface area contributed by atoms with Gasteiger partial charge in [0.05, 0.1) is 0 Å². The average molecular weight is 348 g/mol. The predicted molar refractivity (Wildman–Crippen MR) is 96.1 cm³/mol. The van der Waals surface area contributed by atoms with Crippen molar-refractivity contribution in [3.05, 3.63) is 34.9 Å². The monoisotopic (exact) mass is 347 g/mol. The van der Waals surface area contributed by atoms with Crippen LogP contribution in [-0.2, 0) is 6.54 Å². The lowest BCUT2D eigenvalue weighted by Gasteiger charge is -2.46. The van der Waals surface area contributed by atoms with Crippen molar-refractivity contribution in [2.75, 3.05) is 39.3 Å². The second-order valence-electron chi connectivity index (χ2n) is 7.89. The number of halogens is 1. The van der Waals surface area contributed by atoms with Crippen LogP contribution in [0.5, 0.6) is 0 Å². The molecule has 0 N–H and O–H groups in total. The minimum Gasteiger partial charge on any atom is -0.324 e. The van der Waals surface area contributed by atoms with Gasteiger partial charge in [0.1, 0.15) is 0 Å². The van der Waals surface area contributed by atoms with Gasteiger partial charge in [-0.25, -0.2) is 4.79 Å². The number of urea groups is 1. The van der Waals surface area contributed by atoms with Crippen LogP contribution in [-0.4, -0.2) is 60.0 Å². The molecule has 1 saturated carbocycles. The molecule has 1 aromatic rings. The van der Waals surface area contributed by atoms with Gasteiger partial charge in [-0.05, 0) is 35.8 Å². The van der Waals surface area contributed by atoms with Crippen LogP contribution in [0.25, 0.3) is 0 Å². The Morgan fingerprint density at radius 2 is 1.79 bits per heavy atom. The second kappa shape index (κ2) is 6.23. The zero-order valence-corrected chi connectivity index (χ0v) is 15.1. The summed E-state index contributed by atoms with van der Waals surface area (Å²) < 4.78 is 0. The van der Waals surface area contributed by atoms with Gasteiger partial charge in [-0.3, -0.25) is 4.90 Å². The highest BCUT2D eigenvalue weighted by atomic mass is 35.5. The minimum absolute atomic E-state index is 0.243. The molecule has 3 aliphatic rings. The molecule has 5 heteroatoms. The zero-order chi connectivity index (χ0) is 16.7. The van der Waals surface area contributed by atoms with Crippen molar-refractivity contribution in [3.8, 4) is 0 Å². The fraction of sp³-hybridized carbons (Fsp3) is 0.632. The minimum atomic E-state index is 0.243. The molecule has 24 heavy (non-hydrogen) atoms. The molecule has 4 nitrogen and oxygen atoms in total. The average Bonchev–Trinajstić information content (AvgIpc) is 3.27. The molecule has 1 aliphatic carbocycles. The highest BCUT2D eigenvalue weighted by Crippen LogP contribution is 2.54. The summed E-state index contributed by atoms with van der Waals surface area (Å²) in [5.41, 5.74) is 1.71. The van der Waals surface area contributed by atoms with Crippen molar-refractivity contribution in [2.45, 2.75) is 26.3 Å². The SMILES string of the molecule is CC1(C2CN(C(=O)N3CCN(Cc4ccccc4Cl)CC3)C2)CC1. The van der Waals surface area contributed by atoms with Gasteiger partial charge < -0.3 is 9.80 Å². The third kappa shape index (κ3) is 3.14. The molecule has 130 valence electrons. The highest BCUT2D eigenvalue weighted by molar-refractivity contribution is 6.31. The van der Waals surface area contributed by atoms with E-state index in [1.807, 2.05) is 28.0 Å². The number of hydrogen-bond donors (Lipinski definition) is 0. The molecule has 0 unspecified atom stereocenters. The molecule has 0 spiro atoms. The summed E-state index contributed by atoms with van der Waals surface area (Å²) in [7, 11) is 0. The van der Waals surface area contributed by atoms with Gasteiger partial charge in [-0.1, -0.05) is 36.7 Å². The van der Waals surface area contributed by atoms with Crippen LogP contribution >= 0.6 is 11.6 Å². The summed E-state index contributed by atoms with van der Waals surface area (Å²) in [6.45, 7) is 8.66. The first-order chi connectivity index (χ1) is 11.5. The van der Waals surface area contributed by atoms with Crippen molar-refractivity contribution in [1.29, 1.82) is 0 Å². The summed E-state index contributed by atoms with van der Waals surface area (Å²) in [6, 6.07) is 8.26. The van der Waals surface area contributed by atoms with Crippen LogP contribution < -0.4 is 0 Å². The van der Waals surface area contributed by atoms with E-state index in [0.29, 0.717) is 5.41 Å². The van der Waals surface area contributed by atoms with Crippen molar-refractivity contribution in [3.63, 3.8) is 0 Å². The van der Waals surface area contributed by atoms with Gasteiger partial charge in [0.25, 0.3) is 0 Å². The molecule has 3 fully saturated rings. The van der Waals surface area contributed by atoms with E-state index in [-0.39, 0.29) is 6.03 Å². The van der Waals surface area contributed by atoms with E-state index < -0.39 is 0 Å². The van der Waals surface area contributed by atoms with E-state index in [9.17, 15) is 4.79 Å². The number of nitrogens with zero attached hydrogens (tertiary/aromatic N) is 3. The fourth-order valence-electron chi connectivity index (χ4n) is 3.85. The van der Waals surface area contributed by atoms with Crippen LogP contribution in [0.15, 0.2) is 24.3 Å². The summed E-state index contributed by atoms with van der Waals surface area (Å²) in [5.74, 6) is 0.739. The molecule has 2 heterocycles. The summed E-state index contributed by atoms with van der Waals surface area (Å²) >= 11 is 6.25. The Balaban J connectivity index is 1.24. The summed E-state index contributed by atoms with van der Waals surface area (Å²) in [5, 5.41) is 0.830. The smallest absolute Gasteiger partial charge is 0.320 e. The van der Waals surface area contributed by atoms with Crippen LogP contribution in [0.1, 0.15) is 25.3 Å².